The van der Waals surface area contributed by atoms with E-state index in [1.807, 2.05) is 17.9 Å². The molecule has 1 saturated carbocycles. The van der Waals surface area contributed by atoms with E-state index in [2.05, 4.69) is 47.7 Å². The van der Waals surface area contributed by atoms with Crippen LogP contribution < -0.4 is 5.32 Å². The smallest absolute Gasteiger partial charge is 0.0492 e. The number of hydrogen-bond acceptors (Lipinski definition) is 2. The van der Waals surface area contributed by atoms with Gasteiger partial charge in [-0.2, -0.15) is 5.10 Å². The number of hydrogen-bond donors (Lipinski definition) is 1. The highest BCUT2D eigenvalue weighted by Crippen LogP contribution is 2.40. The average Bonchev–Trinajstić information content (AvgIpc) is 3.20. The molecule has 0 bridgehead atoms. The first-order chi connectivity index (χ1) is 9.74. The second kappa shape index (κ2) is 5.80. The summed E-state index contributed by atoms with van der Waals surface area (Å²) in [5.41, 5.74) is 4.05. The summed E-state index contributed by atoms with van der Waals surface area (Å²) in [4.78, 5) is 0. The van der Waals surface area contributed by atoms with Crippen molar-refractivity contribution < 1.29 is 0 Å². The lowest BCUT2D eigenvalue weighted by atomic mass is 10.0. The van der Waals surface area contributed by atoms with Crippen LogP contribution in [0.3, 0.4) is 0 Å². The van der Waals surface area contributed by atoms with E-state index in [0.717, 1.165) is 18.9 Å². The van der Waals surface area contributed by atoms with Gasteiger partial charge in [-0.05, 0) is 37.3 Å². The van der Waals surface area contributed by atoms with E-state index in [1.165, 1.54) is 29.7 Å². The van der Waals surface area contributed by atoms with Crippen LogP contribution in [-0.4, -0.2) is 16.3 Å². The molecule has 3 rings (SSSR count). The summed E-state index contributed by atoms with van der Waals surface area (Å²) in [5.74, 6) is 0.823. The van der Waals surface area contributed by atoms with Crippen LogP contribution in [0.4, 0.5) is 0 Å². The maximum Gasteiger partial charge on any atom is 0.0492 e. The van der Waals surface area contributed by atoms with Crippen molar-refractivity contribution in [1.82, 2.24) is 15.1 Å². The molecule has 1 heterocycles. The molecule has 0 spiro atoms. The molecular weight excluding hydrogens is 246 g/mol. The summed E-state index contributed by atoms with van der Waals surface area (Å²) in [5, 5.41) is 7.96. The molecule has 106 valence electrons. The molecule has 0 aliphatic heterocycles. The Labute approximate surface area is 121 Å². The minimum absolute atomic E-state index is 0.517. The maximum atomic E-state index is 4.22. The highest BCUT2D eigenvalue weighted by molar-refractivity contribution is 5.25. The second-order valence-electron chi connectivity index (χ2n) is 5.88. The van der Waals surface area contributed by atoms with Crippen molar-refractivity contribution in [2.75, 3.05) is 6.54 Å². The molecule has 1 atom stereocenters. The van der Waals surface area contributed by atoms with Gasteiger partial charge in [0.1, 0.15) is 0 Å². The lowest BCUT2D eigenvalue weighted by Crippen LogP contribution is -2.25. The molecule has 1 aromatic heterocycles. The van der Waals surface area contributed by atoms with E-state index >= 15 is 0 Å². The highest BCUT2D eigenvalue weighted by atomic mass is 15.3. The van der Waals surface area contributed by atoms with E-state index in [9.17, 15) is 0 Å². The summed E-state index contributed by atoms with van der Waals surface area (Å²) in [7, 11) is 2.01. The summed E-state index contributed by atoms with van der Waals surface area (Å²) < 4.78 is 1.96. The first kappa shape index (κ1) is 13.4. The standard InChI is InChI=1S/C17H23N3/c1-13-3-5-14(6-4-13)17(15-7-8-15)18-11-9-16-10-12-19-20(16)2/h3-6,10,12,15,17-18H,7-9,11H2,1-2H3. The number of rotatable bonds is 6. The van der Waals surface area contributed by atoms with Gasteiger partial charge in [0.25, 0.3) is 0 Å². The van der Waals surface area contributed by atoms with Gasteiger partial charge in [0.05, 0.1) is 0 Å². The normalized spacial score (nSPS) is 16.3. The summed E-state index contributed by atoms with van der Waals surface area (Å²) in [6, 6.07) is 11.6. The second-order valence-corrected chi connectivity index (χ2v) is 5.88. The van der Waals surface area contributed by atoms with Crippen LogP contribution in [-0.2, 0) is 13.5 Å². The molecule has 1 aliphatic carbocycles. The van der Waals surface area contributed by atoms with Crippen molar-refractivity contribution in [3.8, 4) is 0 Å². The molecule has 0 amide bonds. The third-order valence-corrected chi connectivity index (χ3v) is 4.20. The van der Waals surface area contributed by atoms with E-state index in [0.29, 0.717) is 6.04 Å². The highest BCUT2D eigenvalue weighted by Gasteiger charge is 2.31. The van der Waals surface area contributed by atoms with Crippen LogP contribution in [0.5, 0.6) is 0 Å². The van der Waals surface area contributed by atoms with Gasteiger partial charge >= 0.3 is 0 Å². The van der Waals surface area contributed by atoms with E-state index in [-0.39, 0.29) is 0 Å². The van der Waals surface area contributed by atoms with Crippen LogP contribution >= 0.6 is 0 Å². The van der Waals surface area contributed by atoms with Crippen molar-refractivity contribution in [3.63, 3.8) is 0 Å². The predicted molar refractivity (Wildman–Crippen MR) is 81.6 cm³/mol. The third-order valence-electron chi connectivity index (χ3n) is 4.20. The molecule has 1 aliphatic rings. The lowest BCUT2D eigenvalue weighted by Gasteiger charge is -2.19. The van der Waals surface area contributed by atoms with Gasteiger partial charge < -0.3 is 5.32 Å². The Kier molecular flexibility index (Phi) is 3.88. The van der Waals surface area contributed by atoms with Crippen LogP contribution in [0.2, 0.25) is 0 Å². The SMILES string of the molecule is Cc1ccc(C(NCCc2ccnn2C)C2CC2)cc1. The lowest BCUT2D eigenvalue weighted by molar-refractivity contribution is 0.480. The van der Waals surface area contributed by atoms with Gasteiger partial charge in [0.2, 0.25) is 0 Å². The van der Waals surface area contributed by atoms with Gasteiger partial charge in [0, 0.05) is 37.9 Å². The molecule has 3 nitrogen and oxygen atoms in total. The molecule has 0 radical (unpaired) electrons. The minimum atomic E-state index is 0.517. The van der Waals surface area contributed by atoms with Crippen LogP contribution in [0.25, 0.3) is 0 Å². The summed E-state index contributed by atoms with van der Waals surface area (Å²) in [6.07, 6.45) is 5.62. The van der Waals surface area contributed by atoms with Gasteiger partial charge in [-0.1, -0.05) is 29.8 Å². The molecule has 20 heavy (non-hydrogen) atoms. The monoisotopic (exact) mass is 269 g/mol. The Hall–Kier alpha value is -1.61. The topological polar surface area (TPSA) is 29.9 Å². The van der Waals surface area contributed by atoms with Gasteiger partial charge in [-0.3, -0.25) is 4.68 Å². The van der Waals surface area contributed by atoms with Crippen molar-refractivity contribution in [2.45, 2.75) is 32.2 Å². The number of aromatic nitrogens is 2. The fourth-order valence-corrected chi connectivity index (χ4v) is 2.76. The Bertz CT molecular complexity index is 552. The Morgan fingerprint density at radius 2 is 2.00 bits per heavy atom. The van der Waals surface area contributed by atoms with Crippen molar-refractivity contribution >= 4 is 0 Å². The zero-order valence-corrected chi connectivity index (χ0v) is 12.3. The van der Waals surface area contributed by atoms with Crippen molar-refractivity contribution in [3.05, 3.63) is 53.3 Å². The van der Waals surface area contributed by atoms with E-state index in [1.54, 1.807) is 0 Å². The molecule has 0 saturated heterocycles. The zero-order chi connectivity index (χ0) is 13.9. The fraction of sp³-hybridized carbons (Fsp3) is 0.471. The van der Waals surface area contributed by atoms with E-state index < -0.39 is 0 Å². The zero-order valence-electron chi connectivity index (χ0n) is 12.3. The first-order valence-corrected chi connectivity index (χ1v) is 7.51. The number of nitrogens with one attached hydrogen (secondary N) is 1. The largest absolute Gasteiger partial charge is 0.309 e. The molecule has 2 aromatic rings. The van der Waals surface area contributed by atoms with Crippen LogP contribution in [0.15, 0.2) is 36.5 Å². The molecule has 1 fully saturated rings. The van der Waals surface area contributed by atoms with E-state index in [4.69, 9.17) is 0 Å². The fourth-order valence-electron chi connectivity index (χ4n) is 2.76. The maximum absolute atomic E-state index is 4.22. The van der Waals surface area contributed by atoms with Crippen LogP contribution in [0, 0.1) is 12.8 Å². The molecule has 1 N–H and O–H groups in total. The number of nitrogens with zero attached hydrogens (tertiary/aromatic N) is 2. The number of aryl methyl sites for hydroxylation is 2. The number of benzene rings is 1. The Morgan fingerprint density at radius 1 is 1.25 bits per heavy atom. The summed E-state index contributed by atoms with van der Waals surface area (Å²) in [6.45, 7) is 3.15. The Morgan fingerprint density at radius 3 is 2.60 bits per heavy atom. The summed E-state index contributed by atoms with van der Waals surface area (Å²) >= 11 is 0. The molecular formula is C17H23N3. The first-order valence-electron chi connectivity index (χ1n) is 7.51. The van der Waals surface area contributed by atoms with Crippen molar-refractivity contribution in [1.29, 1.82) is 0 Å². The third kappa shape index (κ3) is 3.10. The van der Waals surface area contributed by atoms with Gasteiger partial charge in [-0.25, -0.2) is 0 Å². The Balaban J connectivity index is 1.60. The molecule has 3 heteroatoms. The average molecular weight is 269 g/mol. The van der Waals surface area contributed by atoms with Gasteiger partial charge in [-0.15, -0.1) is 0 Å². The minimum Gasteiger partial charge on any atom is -0.309 e. The van der Waals surface area contributed by atoms with Gasteiger partial charge in [0.15, 0.2) is 0 Å². The van der Waals surface area contributed by atoms with Crippen LogP contribution in [0.1, 0.15) is 35.7 Å². The quantitative estimate of drug-likeness (QED) is 0.873. The van der Waals surface area contributed by atoms with Crippen molar-refractivity contribution in [2.24, 2.45) is 13.0 Å². The molecule has 1 aromatic carbocycles. The predicted octanol–water partition coefficient (Wildman–Crippen LogP) is 3.01. The molecule has 1 unspecified atom stereocenters.